The van der Waals surface area contributed by atoms with Gasteiger partial charge >= 0.3 is 0 Å². The van der Waals surface area contributed by atoms with Gasteiger partial charge in [0, 0.05) is 17.1 Å². The number of anilines is 3. The van der Waals surface area contributed by atoms with Gasteiger partial charge in [-0.1, -0.05) is 176 Å². The highest BCUT2D eigenvalue weighted by molar-refractivity contribution is 7.24. The van der Waals surface area contributed by atoms with Crippen LogP contribution in [0, 0.1) is 0 Å². The molecular formula is C52H35NSi. The van der Waals surface area contributed by atoms with Gasteiger partial charge in [-0.25, -0.2) is 0 Å². The van der Waals surface area contributed by atoms with E-state index in [1.165, 1.54) is 81.7 Å². The Morgan fingerprint density at radius 1 is 0.278 bits per heavy atom. The molecule has 0 radical (unpaired) electrons. The van der Waals surface area contributed by atoms with E-state index in [9.17, 15) is 0 Å². The van der Waals surface area contributed by atoms with Crippen LogP contribution in [0.15, 0.2) is 212 Å². The van der Waals surface area contributed by atoms with Crippen molar-refractivity contribution in [2.45, 2.75) is 0 Å². The lowest BCUT2D eigenvalue weighted by Gasteiger charge is -2.30. The minimum Gasteiger partial charge on any atom is -0.311 e. The third kappa shape index (κ3) is 4.51. The highest BCUT2D eigenvalue weighted by atomic mass is 28.3. The quantitative estimate of drug-likeness (QED) is 0.162. The molecule has 2 aliphatic rings. The molecule has 0 fully saturated rings. The summed E-state index contributed by atoms with van der Waals surface area (Å²) in [6, 6.07) is 78.9. The number of rotatable bonds is 5. The monoisotopic (exact) mass is 701 g/mol. The predicted molar refractivity (Wildman–Crippen MR) is 231 cm³/mol. The summed E-state index contributed by atoms with van der Waals surface area (Å²) in [6.45, 7) is 0. The Bertz CT molecular complexity index is 2800. The molecule has 0 aromatic heterocycles. The molecule has 0 aliphatic carbocycles. The summed E-state index contributed by atoms with van der Waals surface area (Å²) in [5, 5.41) is 8.48. The van der Waals surface area contributed by atoms with E-state index in [0.29, 0.717) is 0 Å². The van der Waals surface area contributed by atoms with Crippen molar-refractivity contribution in [1.82, 2.24) is 0 Å². The zero-order valence-electron chi connectivity index (χ0n) is 29.7. The molecule has 0 N–H and O–H groups in total. The summed E-state index contributed by atoms with van der Waals surface area (Å²) in [6.07, 6.45) is 0. The average molecular weight is 702 g/mol. The van der Waals surface area contributed by atoms with Crippen LogP contribution in [0.4, 0.5) is 17.1 Å². The fourth-order valence-electron chi connectivity index (χ4n) is 9.37. The van der Waals surface area contributed by atoms with Crippen LogP contribution in [-0.4, -0.2) is 8.07 Å². The molecule has 0 amide bonds. The maximum absolute atomic E-state index is 2.59. The van der Waals surface area contributed by atoms with Gasteiger partial charge in [-0.05, 0) is 112 Å². The van der Waals surface area contributed by atoms with Crippen LogP contribution in [0.5, 0.6) is 0 Å². The van der Waals surface area contributed by atoms with E-state index in [-0.39, 0.29) is 0 Å². The fourth-order valence-corrected chi connectivity index (χ4v) is 15.0. The molecule has 1 spiro atoms. The van der Waals surface area contributed by atoms with E-state index in [2.05, 4.69) is 217 Å². The zero-order valence-corrected chi connectivity index (χ0v) is 30.7. The lowest BCUT2D eigenvalue weighted by molar-refractivity contribution is 1.29. The second-order valence-electron chi connectivity index (χ2n) is 14.4. The maximum atomic E-state index is 2.53. The largest absolute Gasteiger partial charge is 0.311 e. The van der Waals surface area contributed by atoms with Crippen LogP contribution < -0.4 is 25.6 Å². The van der Waals surface area contributed by atoms with Crippen LogP contribution in [-0.2, 0) is 0 Å². The third-order valence-corrected chi connectivity index (χ3v) is 16.7. The maximum Gasteiger partial charge on any atom is 0.182 e. The second-order valence-corrected chi connectivity index (χ2v) is 18.1. The van der Waals surface area contributed by atoms with Crippen LogP contribution in [0.25, 0.3) is 55.3 Å². The lowest BCUT2D eigenvalue weighted by Crippen LogP contribution is -2.70. The van der Waals surface area contributed by atoms with Gasteiger partial charge in [-0.2, -0.15) is 0 Å². The van der Waals surface area contributed by atoms with Crippen molar-refractivity contribution < 1.29 is 0 Å². The van der Waals surface area contributed by atoms with E-state index in [1.54, 1.807) is 0 Å². The molecule has 0 unspecified atom stereocenters. The summed E-state index contributed by atoms with van der Waals surface area (Å²) in [7, 11) is -2.59. The highest BCUT2D eigenvalue weighted by Gasteiger charge is 2.53. The van der Waals surface area contributed by atoms with Crippen LogP contribution in [0.2, 0.25) is 0 Å². The molecule has 0 saturated heterocycles. The average Bonchev–Trinajstić information content (AvgIpc) is 3.72. The standard InChI is InChI=1S/C52H35NSi/c1-2-13-36(14-3-1)37-25-29-40(30-26-37)53(41-31-27-39(28-32-41)44-21-12-16-38-15-4-5-17-43(38)44)42-33-34-48-47-20-8-11-24-51(47)54(52(48)35-42)49-22-9-6-18-45(49)46-19-7-10-23-50(46)54/h1-35H. The smallest absolute Gasteiger partial charge is 0.182 e. The van der Waals surface area contributed by atoms with Gasteiger partial charge in [0.25, 0.3) is 0 Å². The van der Waals surface area contributed by atoms with Gasteiger partial charge in [-0.3, -0.25) is 0 Å². The van der Waals surface area contributed by atoms with Crippen molar-refractivity contribution in [1.29, 1.82) is 0 Å². The summed E-state index contributed by atoms with van der Waals surface area (Å²) >= 11 is 0. The Kier molecular flexibility index (Phi) is 6.95. The Morgan fingerprint density at radius 2 is 0.722 bits per heavy atom. The van der Waals surface area contributed by atoms with Gasteiger partial charge in [0.2, 0.25) is 0 Å². The Labute approximate surface area is 317 Å². The predicted octanol–water partition coefficient (Wildman–Crippen LogP) is 11.0. The summed E-state index contributed by atoms with van der Waals surface area (Å²) in [5.41, 5.74) is 13.8. The SMILES string of the molecule is c1ccc(-c2ccc(N(c3ccc(-c4cccc5ccccc45)cc3)c3ccc4c(c3)[Si]3(c5ccccc5-c5ccccc53)c3ccccc3-4)cc2)cc1. The molecule has 0 bridgehead atoms. The lowest BCUT2D eigenvalue weighted by atomic mass is 9.98. The van der Waals surface area contributed by atoms with Gasteiger partial charge in [-0.15, -0.1) is 0 Å². The topological polar surface area (TPSA) is 3.24 Å². The molecule has 9 aromatic carbocycles. The van der Waals surface area contributed by atoms with Crippen molar-refractivity contribution in [3.8, 4) is 44.5 Å². The molecular weight excluding hydrogens is 667 g/mol. The normalized spacial score (nSPS) is 13.0. The van der Waals surface area contributed by atoms with Crippen molar-refractivity contribution in [2.24, 2.45) is 0 Å². The molecule has 0 saturated carbocycles. The molecule has 2 heterocycles. The van der Waals surface area contributed by atoms with Gasteiger partial charge < -0.3 is 4.90 Å². The Morgan fingerprint density at radius 3 is 1.35 bits per heavy atom. The van der Waals surface area contributed by atoms with E-state index in [0.717, 1.165) is 11.4 Å². The van der Waals surface area contributed by atoms with Crippen molar-refractivity contribution >= 4 is 56.7 Å². The molecule has 2 heteroatoms. The van der Waals surface area contributed by atoms with E-state index in [1.807, 2.05) is 0 Å². The van der Waals surface area contributed by atoms with E-state index >= 15 is 0 Å². The Hall–Kier alpha value is -6.74. The number of hydrogen-bond acceptors (Lipinski definition) is 1. The first-order chi connectivity index (χ1) is 26.8. The minimum absolute atomic E-state index is 1.13. The van der Waals surface area contributed by atoms with Gasteiger partial charge in [0.05, 0.1) is 0 Å². The zero-order chi connectivity index (χ0) is 35.6. The van der Waals surface area contributed by atoms with Crippen molar-refractivity contribution in [3.63, 3.8) is 0 Å². The first-order valence-corrected chi connectivity index (χ1v) is 20.8. The third-order valence-electron chi connectivity index (χ3n) is 11.7. The molecule has 1 nitrogen and oxygen atoms in total. The van der Waals surface area contributed by atoms with Crippen molar-refractivity contribution in [2.75, 3.05) is 4.90 Å². The van der Waals surface area contributed by atoms with E-state index < -0.39 is 8.07 Å². The number of nitrogens with zero attached hydrogens (tertiary/aromatic N) is 1. The van der Waals surface area contributed by atoms with Crippen LogP contribution in [0.1, 0.15) is 0 Å². The molecule has 9 aromatic rings. The molecule has 11 rings (SSSR count). The van der Waals surface area contributed by atoms with E-state index in [4.69, 9.17) is 0 Å². The first kappa shape index (κ1) is 30.8. The van der Waals surface area contributed by atoms with Crippen LogP contribution >= 0.6 is 0 Å². The fraction of sp³-hybridized carbons (Fsp3) is 0. The highest BCUT2D eigenvalue weighted by Crippen LogP contribution is 2.41. The molecule has 252 valence electrons. The Balaban J connectivity index is 1.11. The van der Waals surface area contributed by atoms with Crippen LogP contribution in [0.3, 0.4) is 0 Å². The number of benzene rings is 9. The summed E-state index contributed by atoms with van der Waals surface area (Å²) in [5.74, 6) is 0. The summed E-state index contributed by atoms with van der Waals surface area (Å²) in [4.78, 5) is 2.44. The molecule has 0 atom stereocenters. The molecule has 54 heavy (non-hydrogen) atoms. The first-order valence-electron chi connectivity index (χ1n) is 18.8. The van der Waals surface area contributed by atoms with Gasteiger partial charge in [0.15, 0.2) is 8.07 Å². The minimum atomic E-state index is -2.59. The second kappa shape index (κ2) is 12.2. The summed E-state index contributed by atoms with van der Waals surface area (Å²) < 4.78 is 0. The molecule has 2 aliphatic heterocycles. The van der Waals surface area contributed by atoms with Crippen molar-refractivity contribution in [3.05, 3.63) is 212 Å². The van der Waals surface area contributed by atoms with Gasteiger partial charge in [0.1, 0.15) is 0 Å². The number of fused-ring (bicyclic) bond motifs is 11. The number of hydrogen-bond donors (Lipinski definition) is 0.